The second kappa shape index (κ2) is 17.9. The first-order valence-electron chi connectivity index (χ1n) is 21.5. The van der Waals surface area contributed by atoms with Crippen molar-refractivity contribution in [2.24, 2.45) is 17.8 Å². The zero-order chi connectivity index (χ0) is 44.7. The first-order valence-corrected chi connectivity index (χ1v) is 23.5. The minimum absolute atomic E-state index is 0.0668. The molecule has 0 radical (unpaired) electrons. The lowest BCUT2D eigenvalue weighted by molar-refractivity contribution is -0.186. The number of nitrogens with zero attached hydrogens (tertiary/aromatic N) is 4. The first-order chi connectivity index (χ1) is 30.1. The van der Waals surface area contributed by atoms with Crippen molar-refractivity contribution in [3.8, 4) is 23.0 Å². The normalized spacial score (nSPS) is 26.2. The number of amides is 4. The highest BCUT2D eigenvalue weighted by molar-refractivity contribution is 7.91. The third-order valence-corrected chi connectivity index (χ3v) is 15.2. The van der Waals surface area contributed by atoms with Crippen molar-refractivity contribution in [1.82, 2.24) is 29.8 Å². The molecule has 0 bridgehead atoms. The largest absolute Gasteiger partial charge is 0.495 e. The molecule has 5 atom stereocenters. The molecule has 1 unspecified atom stereocenters. The zero-order valence-electron chi connectivity index (χ0n) is 34.7. The average molecular weight is 915 g/mol. The van der Waals surface area contributed by atoms with Gasteiger partial charge in [0.25, 0.3) is 5.91 Å². The molecule has 2 saturated carbocycles. The van der Waals surface area contributed by atoms with E-state index >= 15 is 0 Å². The van der Waals surface area contributed by atoms with Gasteiger partial charge in [-0.3, -0.25) is 28.9 Å². The van der Waals surface area contributed by atoms with Gasteiger partial charge in [-0.1, -0.05) is 42.7 Å². The van der Waals surface area contributed by atoms with E-state index in [0.717, 1.165) is 6.42 Å². The number of allylic oxidation sites excluding steroid dienone is 1. The molecule has 2 aromatic heterocycles. The van der Waals surface area contributed by atoms with Crippen molar-refractivity contribution in [3.63, 3.8) is 0 Å². The lowest BCUT2D eigenvalue weighted by Gasteiger charge is -2.34. The number of hydrogen-bond donors (Lipinski definition) is 2. The van der Waals surface area contributed by atoms with E-state index in [0.29, 0.717) is 65.0 Å². The molecule has 2 saturated heterocycles. The van der Waals surface area contributed by atoms with Crippen LogP contribution < -0.4 is 19.5 Å². The highest BCUT2D eigenvalue weighted by atomic mass is 35.5. The third-order valence-electron chi connectivity index (χ3n) is 13.0. The minimum Gasteiger partial charge on any atom is -0.495 e. The van der Waals surface area contributed by atoms with E-state index in [1.807, 2.05) is 12.2 Å². The van der Waals surface area contributed by atoms with Gasteiger partial charge in [-0.15, -0.1) is 0 Å². The maximum Gasteiger partial charge on any atom is 0.391 e. The predicted molar refractivity (Wildman–Crippen MR) is 226 cm³/mol. The van der Waals surface area contributed by atoms with Crippen LogP contribution in [0.2, 0.25) is 5.02 Å². The Morgan fingerprint density at radius 1 is 1.02 bits per heavy atom. The second-order valence-corrected chi connectivity index (χ2v) is 19.6. The Hall–Kier alpha value is -4.97. The molecular weight excluding hydrogens is 865 g/mol. The molecule has 5 aliphatic rings. The summed E-state index contributed by atoms with van der Waals surface area (Å²) in [6.07, 6.45) is 3.23. The van der Waals surface area contributed by atoms with E-state index in [9.17, 15) is 40.8 Å². The minimum atomic E-state index is -4.36. The van der Waals surface area contributed by atoms with Gasteiger partial charge in [0.1, 0.15) is 23.4 Å². The van der Waals surface area contributed by atoms with Crippen LogP contribution in [-0.4, -0.2) is 108 Å². The third kappa shape index (κ3) is 9.61. The number of rotatable bonds is 9. The number of alkyl halides is 3. The number of likely N-dealkylation sites (tertiary alicyclic amines) is 1. The maximum atomic E-state index is 14.9. The fraction of sp³-hybridized carbons (Fsp3) is 0.545. The average Bonchev–Trinajstić information content (AvgIpc) is 4.19. The van der Waals surface area contributed by atoms with Crippen molar-refractivity contribution in [3.05, 3.63) is 59.8 Å². The number of halogens is 4. The van der Waals surface area contributed by atoms with E-state index in [-0.39, 0.29) is 64.0 Å². The highest BCUT2D eigenvalue weighted by Crippen LogP contribution is 2.46. The number of piperidine rings is 1. The summed E-state index contributed by atoms with van der Waals surface area (Å²) in [6, 6.07) is 9.25. The van der Waals surface area contributed by atoms with E-state index in [1.165, 1.54) is 16.9 Å². The number of sulfonamides is 1. The van der Waals surface area contributed by atoms with Crippen LogP contribution >= 0.6 is 11.6 Å². The van der Waals surface area contributed by atoms with Gasteiger partial charge in [0.2, 0.25) is 33.6 Å². The summed E-state index contributed by atoms with van der Waals surface area (Å²) in [4.78, 5) is 69.2. The number of nitrogens with one attached hydrogen (secondary N) is 2. The van der Waals surface area contributed by atoms with Gasteiger partial charge in [0, 0.05) is 54.7 Å². The summed E-state index contributed by atoms with van der Waals surface area (Å²) in [5.74, 6) is -4.88. The van der Waals surface area contributed by atoms with E-state index in [1.54, 1.807) is 42.6 Å². The maximum absolute atomic E-state index is 14.9. The number of methoxy groups -OCH3 is 1. The van der Waals surface area contributed by atoms with Gasteiger partial charge in [0.05, 0.1) is 41.2 Å². The van der Waals surface area contributed by atoms with Crippen LogP contribution in [0.3, 0.4) is 0 Å². The quantitative estimate of drug-likeness (QED) is 0.238. The number of benzene rings is 1. The van der Waals surface area contributed by atoms with Crippen LogP contribution in [0.4, 0.5) is 13.2 Å². The number of ether oxygens (including phenoxy) is 2. The molecule has 0 spiro atoms. The van der Waals surface area contributed by atoms with Crippen LogP contribution in [0.1, 0.15) is 77.0 Å². The van der Waals surface area contributed by atoms with E-state index in [2.05, 4.69) is 15.0 Å². The van der Waals surface area contributed by atoms with Gasteiger partial charge in [-0.25, -0.2) is 13.4 Å². The summed E-state index contributed by atoms with van der Waals surface area (Å²) in [6.45, 7) is -0.299. The fourth-order valence-corrected chi connectivity index (χ4v) is 10.7. The first kappa shape index (κ1) is 44.6. The smallest absolute Gasteiger partial charge is 0.391 e. The standard InChI is InChI=1S/C44H50ClF3N6O8S/c1-61-36-15-14-31-32(38(36)45)23-34(33-11-7-8-18-49-33)50-40(31)62-29-22-35-39(56)51-43(42(58)52-63(59,60)30-12-13-30)24-28(43)10-6-4-2-3-5-9-26(41(57)54(35)25-29)21-37(55)53-19-16-27(17-20-53)44(46,47)48/h6-8,10-11,14-15,18,23,26-30,35H,2-5,9,12-13,16-17,19-22,24-25H2,1H3,(H,51,56)(H,52,58)/t26-,28?,29-,35+,43-/m1/s1. The van der Waals surface area contributed by atoms with Gasteiger partial charge in [-0.2, -0.15) is 13.2 Å². The molecule has 4 amide bonds. The molecule has 2 aliphatic carbocycles. The van der Waals surface area contributed by atoms with Crippen molar-refractivity contribution in [2.75, 3.05) is 26.7 Å². The molecule has 3 aromatic rings. The van der Waals surface area contributed by atoms with Gasteiger partial charge in [-0.05, 0) is 81.7 Å². The van der Waals surface area contributed by atoms with Gasteiger partial charge in [0.15, 0.2) is 0 Å². The van der Waals surface area contributed by atoms with Crippen LogP contribution in [0.25, 0.3) is 22.2 Å². The molecular formula is C44H50ClF3N6O8S. The topological polar surface area (TPSA) is 177 Å². The molecule has 338 valence electrons. The summed E-state index contributed by atoms with van der Waals surface area (Å²) in [5, 5.41) is 3.53. The molecule has 4 fully saturated rings. The molecule has 19 heteroatoms. The second-order valence-electron chi connectivity index (χ2n) is 17.3. The Labute approximate surface area is 368 Å². The van der Waals surface area contributed by atoms with Crippen LogP contribution in [0, 0.1) is 17.8 Å². The van der Waals surface area contributed by atoms with Crippen molar-refractivity contribution < 1.29 is 50.2 Å². The van der Waals surface area contributed by atoms with Crippen LogP contribution in [0.5, 0.6) is 11.6 Å². The monoisotopic (exact) mass is 914 g/mol. The van der Waals surface area contributed by atoms with E-state index < -0.39 is 80.5 Å². The summed E-state index contributed by atoms with van der Waals surface area (Å²) in [5.41, 5.74) is -0.645. The Balaban J connectivity index is 1.12. The number of aromatic nitrogens is 2. The lowest BCUT2D eigenvalue weighted by Crippen LogP contribution is -2.57. The Morgan fingerprint density at radius 2 is 1.79 bits per heavy atom. The van der Waals surface area contributed by atoms with Crippen molar-refractivity contribution >= 4 is 56.0 Å². The highest BCUT2D eigenvalue weighted by Gasteiger charge is 2.62. The number of pyridine rings is 2. The number of hydrogen-bond acceptors (Lipinski definition) is 10. The Kier molecular flexibility index (Phi) is 12.7. The Morgan fingerprint density at radius 3 is 2.49 bits per heavy atom. The fourth-order valence-electron chi connectivity index (χ4n) is 9.07. The number of fused-ring (bicyclic) bond motifs is 3. The molecule has 2 N–H and O–H groups in total. The SMILES string of the molecule is COc1ccc2c(O[C@@H]3C[C@H]4C(=O)N[C@]5(C(=O)NS(=O)(=O)C6CC6)CC5C=CCCCCC[C@H](CC(=O)N5CCC(C(F)(F)F)CC5)C(=O)N4C3)nc(-c3ccccn3)cc2c1Cl. The van der Waals surface area contributed by atoms with Crippen LogP contribution in [-0.2, 0) is 29.2 Å². The predicted octanol–water partition coefficient (Wildman–Crippen LogP) is 6.12. The van der Waals surface area contributed by atoms with Crippen LogP contribution in [0.15, 0.2) is 54.7 Å². The molecule has 8 rings (SSSR count). The van der Waals surface area contributed by atoms with E-state index in [4.69, 9.17) is 26.1 Å². The molecule has 5 heterocycles. The lowest BCUT2D eigenvalue weighted by atomic mass is 9.92. The Bertz CT molecular complexity index is 2400. The zero-order valence-corrected chi connectivity index (χ0v) is 36.3. The summed E-state index contributed by atoms with van der Waals surface area (Å²) < 4.78 is 80.6. The number of carbonyl (C=O) groups is 4. The molecule has 1 aromatic carbocycles. The number of carbonyl (C=O) groups excluding carboxylic acids is 4. The van der Waals surface area contributed by atoms with Gasteiger partial charge < -0.3 is 24.6 Å². The van der Waals surface area contributed by atoms with Crippen molar-refractivity contribution in [2.45, 2.75) is 106 Å². The molecule has 3 aliphatic heterocycles. The van der Waals surface area contributed by atoms with Gasteiger partial charge >= 0.3 is 6.18 Å². The van der Waals surface area contributed by atoms with Crippen molar-refractivity contribution in [1.29, 1.82) is 0 Å². The molecule has 63 heavy (non-hydrogen) atoms. The summed E-state index contributed by atoms with van der Waals surface area (Å²) in [7, 11) is -2.48. The molecule has 14 nitrogen and oxygen atoms in total. The summed E-state index contributed by atoms with van der Waals surface area (Å²) >= 11 is 6.82.